The van der Waals surface area contributed by atoms with E-state index in [4.69, 9.17) is 5.26 Å². The number of aldehydes is 2. The molecule has 0 aliphatic heterocycles. The van der Waals surface area contributed by atoms with Gasteiger partial charge in [-0.2, -0.15) is 5.26 Å². The number of hydrogen-bond donors (Lipinski definition) is 1. The highest BCUT2D eigenvalue weighted by Crippen LogP contribution is 2.18. The van der Waals surface area contributed by atoms with Gasteiger partial charge in [0.2, 0.25) is 0 Å². The molecule has 0 aliphatic rings. The summed E-state index contributed by atoms with van der Waals surface area (Å²) in [4.78, 5) is 21.3. The molecule has 0 spiro atoms. The van der Waals surface area contributed by atoms with Crippen LogP contribution >= 0.6 is 12.6 Å². The summed E-state index contributed by atoms with van der Waals surface area (Å²) in [6.07, 6.45) is 1.13. The Kier molecular flexibility index (Phi) is 2.83. The molecule has 1 rings (SSSR count). The molecule has 0 atom stereocenters. The Morgan fingerprint density at radius 2 is 1.69 bits per heavy atom. The van der Waals surface area contributed by atoms with Crippen LogP contribution in [0.25, 0.3) is 0 Å². The van der Waals surface area contributed by atoms with Crippen molar-refractivity contribution < 1.29 is 9.59 Å². The molecule has 4 heteroatoms. The smallest absolute Gasteiger partial charge is 0.151 e. The molecule has 64 valence electrons. The van der Waals surface area contributed by atoms with E-state index in [1.54, 1.807) is 0 Å². The highest BCUT2D eigenvalue weighted by atomic mass is 32.1. The Labute approximate surface area is 80.4 Å². The fraction of sp³-hybridized carbons (Fsp3) is 0. The van der Waals surface area contributed by atoms with Crippen molar-refractivity contribution in [2.24, 2.45) is 0 Å². The van der Waals surface area contributed by atoms with Gasteiger partial charge in [-0.05, 0) is 12.1 Å². The summed E-state index contributed by atoms with van der Waals surface area (Å²) in [5.74, 6) is 0. The minimum atomic E-state index is 0.254. The molecule has 0 heterocycles. The van der Waals surface area contributed by atoms with E-state index in [9.17, 15) is 9.59 Å². The minimum absolute atomic E-state index is 0.254. The monoisotopic (exact) mass is 191 g/mol. The van der Waals surface area contributed by atoms with E-state index in [1.165, 1.54) is 12.1 Å². The second kappa shape index (κ2) is 3.87. The molecular formula is C9H5NO2S. The lowest BCUT2D eigenvalue weighted by Gasteiger charge is -2.00. The maximum atomic E-state index is 10.5. The van der Waals surface area contributed by atoms with Crippen LogP contribution in [0.5, 0.6) is 0 Å². The van der Waals surface area contributed by atoms with Gasteiger partial charge in [0.15, 0.2) is 12.6 Å². The van der Waals surface area contributed by atoms with Gasteiger partial charge in [0.1, 0.15) is 0 Å². The number of nitrogens with zero attached hydrogens (tertiary/aromatic N) is 1. The van der Waals surface area contributed by atoms with Crippen molar-refractivity contribution in [3.8, 4) is 6.07 Å². The van der Waals surface area contributed by atoms with Crippen LogP contribution in [0.3, 0.4) is 0 Å². The Bertz CT molecular complexity index is 378. The summed E-state index contributed by atoms with van der Waals surface area (Å²) < 4.78 is 0. The molecule has 0 aliphatic carbocycles. The van der Waals surface area contributed by atoms with Gasteiger partial charge < -0.3 is 0 Å². The van der Waals surface area contributed by atoms with Crippen molar-refractivity contribution in [2.75, 3.05) is 0 Å². The zero-order valence-corrected chi connectivity index (χ0v) is 7.41. The predicted molar refractivity (Wildman–Crippen MR) is 49.2 cm³/mol. The van der Waals surface area contributed by atoms with Gasteiger partial charge in [-0.25, -0.2) is 0 Å². The molecular weight excluding hydrogens is 186 g/mol. The molecule has 0 fully saturated rings. The Hall–Kier alpha value is -1.60. The quantitative estimate of drug-likeness (QED) is 0.569. The summed E-state index contributed by atoms with van der Waals surface area (Å²) >= 11 is 3.99. The number of carbonyl (C=O) groups is 2. The maximum Gasteiger partial charge on any atom is 0.151 e. The lowest BCUT2D eigenvalue weighted by atomic mass is 10.1. The fourth-order valence-electron chi connectivity index (χ4n) is 0.924. The number of rotatable bonds is 2. The van der Waals surface area contributed by atoms with Crippen LogP contribution in [-0.4, -0.2) is 12.6 Å². The first-order valence-electron chi connectivity index (χ1n) is 3.40. The zero-order chi connectivity index (χ0) is 9.84. The maximum absolute atomic E-state index is 10.5. The molecule has 1 aromatic carbocycles. The topological polar surface area (TPSA) is 57.9 Å². The van der Waals surface area contributed by atoms with E-state index in [0.29, 0.717) is 17.5 Å². The van der Waals surface area contributed by atoms with Gasteiger partial charge in [0.25, 0.3) is 0 Å². The molecule has 3 nitrogen and oxygen atoms in total. The molecule has 1 aromatic rings. The van der Waals surface area contributed by atoms with Crippen molar-refractivity contribution in [2.45, 2.75) is 4.90 Å². The van der Waals surface area contributed by atoms with Crippen molar-refractivity contribution in [1.82, 2.24) is 0 Å². The van der Waals surface area contributed by atoms with Crippen LogP contribution < -0.4 is 0 Å². The third kappa shape index (κ3) is 1.76. The Morgan fingerprint density at radius 3 is 2.00 bits per heavy atom. The molecule has 13 heavy (non-hydrogen) atoms. The number of nitriles is 1. The summed E-state index contributed by atoms with van der Waals surface area (Å²) in [6.45, 7) is 0. The van der Waals surface area contributed by atoms with Crippen LogP contribution in [0.1, 0.15) is 26.3 Å². The summed E-state index contributed by atoms with van der Waals surface area (Å²) in [7, 11) is 0. The van der Waals surface area contributed by atoms with Crippen LogP contribution in [0.2, 0.25) is 0 Å². The number of benzene rings is 1. The lowest BCUT2D eigenvalue weighted by molar-refractivity contribution is 0.112. The lowest BCUT2D eigenvalue weighted by Crippen LogP contribution is -1.92. The SMILES string of the molecule is N#Cc1cc(C=O)c(S)c(C=O)c1. The highest BCUT2D eigenvalue weighted by Gasteiger charge is 2.06. The summed E-state index contributed by atoms with van der Waals surface area (Å²) in [6, 6.07) is 4.63. The van der Waals surface area contributed by atoms with Crippen LogP contribution in [-0.2, 0) is 0 Å². The van der Waals surface area contributed by atoms with E-state index in [1.807, 2.05) is 6.07 Å². The summed E-state index contributed by atoms with van der Waals surface area (Å²) in [5.41, 5.74) is 0.788. The van der Waals surface area contributed by atoms with Crippen molar-refractivity contribution in [3.05, 3.63) is 28.8 Å². The predicted octanol–water partition coefficient (Wildman–Crippen LogP) is 1.47. The molecule has 0 unspecified atom stereocenters. The second-order valence-corrected chi connectivity index (χ2v) is 2.80. The van der Waals surface area contributed by atoms with E-state index in [-0.39, 0.29) is 16.7 Å². The number of thiol groups is 1. The Morgan fingerprint density at radius 1 is 1.23 bits per heavy atom. The molecule has 0 radical (unpaired) electrons. The third-order valence-electron chi connectivity index (χ3n) is 1.55. The zero-order valence-electron chi connectivity index (χ0n) is 6.52. The summed E-state index contributed by atoms with van der Waals surface area (Å²) in [5, 5.41) is 8.56. The first-order valence-corrected chi connectivity index (χ1v) is 3.85. The molecule has 0 amide bonds. The normalized spacial score (nSPS) is 8.92. The number of hydrogen-bond acceptors (Lipinski definition) is 4. The first kappa shape index (κ1) is 9.49. The average Bonchev–Trinajstić information content (AvgIpc) is 2.18. The van der Waals surface area contributed by atoms with Crippen molar-refractivity contribution in [1.29, 1.82) is 5.26 Å². The first-order chi connectivity index (χ1) is 6.22. The van der Waals surface area contributed by atoms with E-state index >= 15 is 0 Å². The average molecular weight is 191 g/mol. The Balaban J connectivity index is 3.47. The fourth-order valence-corrected chi connectivity index (χ4v) is 1.16. The van der Waals surface area contributed by atoms with E-state index < -0.39 is 0 Å². The molecule has 0 aromatic heterocycles. The standard InChI is InChI=1S/C9H5NO2S/c10-3-6-1-7(4-11)9(13)8(2-6)5-12/h1-2,4-5,13H. The van der Waals surface area contributed by atoms with Gasteiger partial charge in [0, 0.05) is 16.0 Å². The third-order valence-corrected chi connectivity index (χ3v) is 2.07. The van der Waals surface area contributed by atoms with Crippen LogP contribution in [0.15, 0.2) is 17.0 Å². The van der Waals surface area contributed by atoms with Gasteiger partial charge in [-0.15, -0.1) is 12.6 Å². The highest BCUT2D eigenvalue weighted by molar-refractivity contribution is 7.80. The largest absolute Gasteiger partial charge is 0.298 e. The molecule has 0 bridgehead atoms. The van der Waals surface area contributed by atoms with Gasteiger partial charge in [-0.1, -0.05) is 0 Å². The van der Waals surface area contributed by atoms with Crippen molar-refractivity contribution >= 4 is 25.2 Å². The minimum Gasteiger partial charge on any atom is -0.298 e. The molecule has 0 N–H and O–H groups in total. The van der Waals surface area contributed by atoms with Crippen LogP contribution in [0.4, 0.5) is 0 Å². The van der Waals surface area contributed by atoms with Gasteiger partial charge in [-0.3, -0.25) is 9.59 Å². The van der Waals surface area contributed by atoms with E-state index in [2.05, 4.69) is 12.6 Å². The van der Waals surface area contributed by atoms with E-state index in [0.717, 1.165) is 0 Å². The van der Waals surface area contributed by atoms with Gasteiger partial charge in [0.05, 0.1) is 11.6 Å². The van der Waals surface area contributed by atoms with Crippen molar-refractivity contribution in [3.63, 3.8) is 0 Å². The van der Waals surface area contributed by atoms with Crippen LogP contribution in [0, 0.1) is 11.3 Å². The second-order valence-electron chi connectivity index (χ2n) is 2.35. The number of carbonyl (C=O) groups excluding carboxylic acids is 2. The van der Waals surface area contributed by atoms with Gasteiger partial charge >= 0.3 is 0 Å². The molecule has 0 saturated heterocycles. The molecule has 0 saturated carbocycles.